The molecule has 0 fully saturated rings. The van der Waals surface area contributed by atoms with Crippen LogP contribution in [0.5, 0.6) is 0 Å². The molecule has 4 heteroatoms. The van der Waals surface area contributed by atoms with Gasteiger partial charge in [-0.15, -0.1) is 0 Å². The van der Waals surface area contributed by atoms with Crippen LogP contribution in [-0.2, 0) is 4.79 Å². The minimum atomic E-state index is -0.846. The molecule has 244 valence electrons. The predicted molar refractivity (Wildman–Crippen MR) is 188 cm³/mol. The van der Waals surface area contributed by atoms with E-state index < -0.39 is 12.1 Å². The van der Waals surface area contributed by atoms with E-state index in [9.17, 15) is 15.0 Å². The van der Waals surface area contributed by atoms with Crippen LogP contribution >= 0.6 is 0 Å². The van der Waals surface area contributed by atoms with E-state index in [1.165, 1.54) is 38.5 Å². The number of carbonyl (C=O) groups excluding carboxylic acids is 1. The fraction of sp³-hybridized carbons (Fsp3) is 0.615. The van der Waals surface area contributed by atoms with Gasteiger partial charge in [0.15, 0.2) is 0 Å². The molecular weight excluding hydrogens is 530 g/mol. The molecule has 0 heterocycles. The first-order valence-electron chi connectivity index (χ1n) is 17.3. The molecule has 0 aromatic heterocycles. The third-order valence-corrected chi connectivity index (χ3v) is 7.13. The SMILES string of the molecule is CC/C=C\C/C=C\C/C=C\C/C=C\C/C=C\C/C=C\CCCCCCCCC(=O)NC(CO)C(O)/C=C/CCCCCC. The molecule has 3 N–H and O–H groups in total. The standard InChI is InChI=1S/C39H65NO3/c1-3-5-7-9-11-12-13-14-15-16-17-18-19-20-21-22-23-24-25-26-27-28-29-31-33-35-39(43)40-37(36-41)38(42)34-32-30-10-8-6-4-2/h5,7,11-12,14-15,17-18,20-21,23-24,32,34,37-38,41-42H,3-4,6,8-10,13,16,19,22,25-31,33,35-36H2,1-2H3,(H,40,43)/b7-5-,12-11-,15-14-,18-17-,21-20-,24-23-,34-32+. The van der Waals surface area contributed by atoms with Crippen molar-refractivity contribution in [1.29, 1.82) is 0 Å². The van der Waals surface area contributed by atoms with Gasteiger partial charge < -0.3 is 15.5 Å². The van der Waals surface area contributed by atoms with E-state index in [0.29, 0.717) is 6.42 Å². The van der Waals surface area contributed by atoms with Crippen LogP contribution in [0.2, 0.25) is 0 Å². The van der Waals surface area contributed by atoms with Crippen LogP contribution in [0.15, 0.2) is 85.1 Å². The zero-order chi connectivity index (χ0) is 31.5. The van der Waals surface area contributed by atoms with Gasteiger partial charge in [-0.3, -0.25) is 4.79 Å². The molecule has 0 rings (SSSR count). The van der Waals surface area contributed by atoms with Crippen molar-refractivity contribution in [2.45, 2.75) is 148 Å². The third-order valence-electron chi connectivity index (χ3n) is 7.13. The van der Waals surface area contributed by atoms with Gasteiger partial charge in [0.05, 0.1) is 18.8 Å². The summed E-state index contributed by atoms with van der Waals surface area (Å²) in [5.74, 6) is -0.0907. The predicted octanol–water partition coefficient (Wildman–Crippen LogP) is 10.2. The van der Waals surface area contributed by atoms with Gasteiger partial charge in [0, 0.05) is 6.42 Å². The average molecular weight is 596 g/mol. The number of aliphatic hydroxyl groups is 2. The molecule has 0 aliphatic rings. The number of aliphatic hydroxyl groups excluding tert-OH is 2. The molecule has 1 amide bonds. The quantitative estimate of drug-likeness (QED) is 0.0595. The molecular formula is C39H65NO3. The molecule has 0 aromatic carbocycles. The van der Waals surface area contributed by atoms with Crippen molar-refractivity contribution in [2.24, 2.45) is 0 Å². The summed E-state index contributed by atoms with van der Waals surface area (Å²) < 4.78 is 0. The lowest BCUT2D eigenvalue weighted by molar-refractivity contribution is -0.123. The van der Waals surface area contributed by atoms with E-state index in [2.05, 4.69) is 92.1 Å². The molecule has 0 aliphatic heterocycles. The highest BCUT2D eigenvalue weighted by Gasteiger charge is 2.17. The van der Waals surface area contributed by atoms with Crippen LogP contribution in [-0.4, -0.2) is 34.9 Å². The molecule has 0 saturated heterocycles. The van der Waals surface area contributed by atoms with Crippen LogP contribution in [0.3, 0.4) is 0 Å². The Morgan fingerprint density at radius 2 is 1.02 bits per heavy atom. The Hall–Kier alpha value is -2.43. The Bertz CT molecular complexity index is 818. The van der Waals surface area contributed by atoms with Gasteiger partial charge in [0.25, 0.3) is 0 Å². The first-order valence-corrected chi connectivity index (χ1v) is 17.3. The number of nitrogens with one attached hydrogen (secondary N) is 1. The molecule has 4 nitrogen and oxygen atoms in total. The second kappa shape index (κ2) is 34.1. The van der Waals surface area contributed by atoms with E-state index in [1.54, 1.807) is 6.08 Å². The molecule has 0 aromatic rings. The topological polar surface area (TPSA) is 69.6 Å². The minimum Gasteiger partial charge on any atom is -0.394 e. The molecule has 0 aliphatic carbocycles. The van der Waals surface area contributed by atoms with Gasteiger partial charge in [-0.05, 0) is 70.6 Å². The van der Waals surface area contributed by atoms with Crippen LogP contribution in [0, 0.1) is 0 Å². The number of allylic oxidation sites excluding steroid dienone is 13. The van der Waals surface area contributed by atoms with Crippen LogP contribution in [0.1, 0.15) is 136 Å². The molecule has 0 saturated carbocycles. The maximum absolute atomic E-state index is 12.2. The first-order chi connectivity index (χ1) is 21.2. The van der Waals surface area contributed by atoms with E-state index in [4.69, 9.17) is 0 Å². The van der Waals surface area contributed by atoms with Crippen molar-refractivity contribution in [2.75, 3.05) is 6.61 Å². The molecule has 0 spiro atoms. The monoisotopic (exact) mass is 595 g/mol. The Morgan fingerprint density at radius 3 is 1.53 bits per heavy atom. The van der Waals surface area contributed by atoms with Crippen molar-refractivity contribution in [3.05, 3.63) is 85.1 Å². The maximum atomic E-state index is 12.2. The zero-order valence-corrected chi connectivity index (χ0v) is 27.7. The van der Waals surface area contributed by atoms with Gasteiger partial charge in [-0.2, -0.15) is 0 Å². The summed E-state index contributed by atoms with van der Waals surface area (Å²) in [6.07, 6.45) is 49.7. The van der Waals surface area contributed by atoms with Crippen LogP contribution in [0.25, 0.3) is 0 Å². The molecule has 2 unspecified atom stereocenters. The molecule has 0 bridgehead atoms. The highest BCUT2D eigenvalue weighted by atomic mass is 16.3. The largest absolute Gasteiger partial charge is 0.394 e. The summed E-state index contributed by atoms with van der Waals surface area (Å²) in [4.78, 5) is 12.2. The molecule has 2 atom stereocenters. The van der Waals surface area contributed by atoms with Crippen molar-refractivity contribution in [3.63, 3.8) is 0 Å². The Labute approximate surface area is 265 Å². The number of unbranched alkanes of at least 4 members (excludes halogenated alkanes) is 10. The van der Waals surface area contributed by atoms with Crippen LogP contribution in [0.4, 0.5) is 0 Å². The van der Waals surface area contributed by atoms with Gasteiger partial charge in [0.1, 0.15) is 0 Å². The Morgan fingerprint density at radius 1 is 0.581 bits per heavy atom. The summed E-state index contributed by atoms with van der Waals surface area (Å²) >= 11 is 0. The highest BCUT2D eigenvalue weighted by molar-refractivity contribution is 5.76. The molecule has 0 radical (unpaired) electrons. The fourth-order valence-electron chi connectivity index (χ4n) is 4.47. The lowest BCUT2D eigenvalue weighted by Gasteiger charge is -2.20. The molecule has 43 heavy (non-hydrogen) atoms. The number of hydrogen-bond acceptors (Lipinski definition) is 3. The smallest absolute Gasteiger partial charge is 0.220 e. The first kappa shape index (κ1) is 40.6. The Kier molecular flexibility index (Phi) is 32.1. The Balaban J connectivity index is 3.67. The third kappa shape index (κ3) is 30.8. The van der Waals surface area contributed by atoms with Crippen molar-refractivity contribution >= 4 is 5.91 Å². The van der Waals surface area contributed by atoms with Gasteiger partial charge in [-0.1, -0.05) is 144 Å². The number of carbonyl (C=O) groups is 1. The summed E-state index contributed by atoms with van der Waals surface area (Å²) in [5.41, 5.74) is 0. The summed E-state index contributed by atoms with van der Waals surface area (Å²) in [5, 5.41) is 22.6. The second-order valence-electron chi connectivity index (χ2n) is 11.2. The van der Waals surface area contributed by atoms with Crippen molar-refractivity contribution in [1.82, 2.24) is 5.32 Å². The lowest BCUT2D eigenvalue weighted by atomic mass is 10.1. The van der Waals surface area contributed by atoms with Crippen molar-refractivity contribution < 1.29 is 15.0 Å². The highest BCUT2D eigenvalue weighted by Crippen LogP contribution is 2.10. The number of amides is 1. The van der Waals surface area contributed by atoms with E-state index in [0.717, 1.165) is 77.0 Å². The number of hydrogen-bond donors (Lipinski definition) is 3. The summed E-state index contributed by atoms with van der Waals surface area (Å²) in [7, 11) is 0. The van der Waals surface area contributed by atoms with Crippen LogP contribution < -0.4 is 5.32 Å². The van der Waals surface area contributed by atoms with Gasteiger partial charge in [-0.25, -0.2) is 0 Å². The summed E-state index contributed by atoms with van der Waals surface area (Å²) in [6, 6.07) is -0.631. The number of rotatable bonds is 29. The summed E-state index contributed by atoms with van der Waals surface area (Å²) in [6.45, 7) is 4.08. The zero-order valence-electron chi connectivity index (χ0n) is 27.7. The minimum absolute atomic E-state index is 0.0907. The second-order valence-corrected chi connectivity index (χ2v) is 11.2. The van der Waals surface area contributed by atoms with E-state index in [-0.39, 0.29) is 12.5 Å². The van der Waals surface area contributed by atoms with Crippen molar-refractivity contribution in [3.8, 4) is 0 Å². The normalized spacial score (nSPS) is 14.2. The fourth-order valence-corrected chi connectivity index (χ4v) is 4.47. The maximum Gasteiger partial charge on any atom is 0.220 e. The van der Waals surface area contributed by atoms with Gasteiger partial charge in [0.2, 0.25) is 5.91 Å². The average Bonchev–Trinajstić information content (AvgIpc) is 3.01. The van der Waals surface area contributed by atoms with Gasteiger partial charge >= 0.3 is 0 Å². The van der Waals surface area contributed by atoms with E-state index >= 15 is 0 Å². The van der Waals surface area contributed by atoms with E-state index in [1.807, 2.05) is 6.08 Å². The lowest BCUT2D eigenvalue weighted by Crippen LogP contribution is -2.45.